The van der Waals surface area contributed by atoms with Crippen molar-refractivity contribution >= 4 is 49.2 Å². The predicted octanol–water partition coefficient (Wildman–Crippen LogP) is 11.9. The van der Waals surface area contributed by atoms with Crippen molar-refractivity contribution in [2.24, 2.45) is 0 Å². The lowest BCUT2D eigenvalue weighted by Crippen LogP contribution is -1.92. The molecule has 0 radical (unpaired) electrons. The molecule has 0 atom stereocenters. The molecule has 0 spiro atoms. The van der Waals surface area contributed by atoms with E-state index >= 15 is 0 Å². The average molecular weight is 535 g/mol. The first-order valence-corrected chi connectivity index (χ1v) is 14.3. The number of benzene rings is 7. The molecule has 0 fully saturated rings. The van der Waals surface area contributed by atoms with Gasteiger partial charge in [0.25, 0.3) is 0 Å². The zero-order valence-electron chi connectivity index (χ0n) is 23.4. The minimum absolute atomic E-state index is 1.03. The molecule has 7 aromatic rings. The lowest BCUT2D eigenvalue weighted by molar-refractivity contribution is 1.67. The van der Waals surface area contributed by atoms with Crippen LogP contribution in [0.4, 0.5) is 0 Å². The highest BCUT2D eigenvalue weighted by Crippen LogP contribution is 2.45. The van der Waals surface area contributed by atoms with Crippen molar-refractivity contribution in [3.8, 4) is 22.3 Å². The molecule has 7 rings (SSSR count). The second-order valence-corrected chi connectivity index (χ2v) is 10.6. The van der Waals surface area contributed by atoms with Crippen LogP contribution in [0, 0.1) is 0 Å². The van der Waals surface area contributed by atoms with E-state index in [1.165, 1.54) is 70.9 Å². The first-order valence-electron chi connectivity index (χ1n) is 14.3. The van der Waals surface area contributed by atoms with Crippen molar-refractivity contribution in [1.29, 1.82) is 0 Å². The fourth-order valence-corrected chi connectivity index (χ4v) is 6.29. The molecule has 42 heavy (non-hydrogen) atoms. The van der Waals surface area contributed by atoms with Gasteiger partial charge in [-0.1, -0.05) is 165 Å². The largest absolute Gasteiger partial charge is 0.0990 e. The Kier molecular flexibility index (Phi) is 6.58. The van der Waals surface area contributed by atoms with Crippen LogP contribution >= 0.6 is 0 Å². The van der Waals surface area contributed by atoms with E-state index in [-0.39, 0.29) is 0 Å². The highest BCUT2D eigenvalue weighted by Gasteiger charge is 2.18. The molecular weight excluding hydrogens is 504 g/mol. The summed E-state index contributed by atoms with van der Waals surface area (Å²) < 4.78 is 0. The molecule has 0 aliphatic rings. The second-order valence-electron chi connectivity index (χ2n) is 10.6. The van der Waals surface area contributed by atoms with Crippen LogP contribution in [0.25, 0.3) is 71.4 Å². The van der Waals surface area contributed by atoms with Crippen LogP contribution in [0.15, 0.2) is 170 Å². The van der Waals surface area contributed by atoms with Crippen molar-refractivity contribution in [3.63, 3.8) is 0 Å². The molecule has 0 unspecified atom stereocenters. The zero-order chi connectivity index (χ0) is 28.5. The Hall–Kier alpha value is -5.46. The third-order valence-electron chi connectivity index (χ3n) is 8.20. The summed E-state index contributed by atoms with van der Waals surface area (Å²) in [6.07, 6.45) is 9.88. The van der Waals surface area contributed by atoms with Gasteiger partial charge in [-0.05, 0) is 82.5 Å². The van der Waals surface area contributed by atoms with Crippen LogP contribution < -0.4 is 0 Å². The molecular formula is C42H30. The second kappa shape index (κ2) is 10.8. The summed E-state index contributed by atoms with van der Waals surface area (Å²) in [7, 11) is 0. The molecule has 0 saturated heterocycles. The van der Waals surface area contributed by atoms with Crippen molar-refractivity contribution in [2.75, 3.05) is 0 Å². The molecule has 0 heteroatoms. The number of hydrogen-bond donors (Lipinski definition) is 0. The first kappa shape index (κ1) is 25.5. The van der Waals surface area contributed by atoms with Gasteiger partial charge in [-0.3, -0.25) is 0 Å². The fourth-order valence-electron chi connectivity index (χ4n) is 6.29. The van der Waals surface area contributed by atoms with Gasteiger partial charge in [0.15, 0.2) is 0 Å². The molecule has 0 amide bonds. The van der Waals surface area contributed by atoms with Gasteiger partial charge in [0.1, 0.15) is 0 Å². The highest BCUT2D eigenvalue weighted by atomic mass is 14.2. The van der Waals surface area contributed by atoms with Crippen molar-refractivity contribution < 1.29 is 0 Å². The van der Waals surface area contributed by atoms with Gasteiger partial charge in [-0.15, -0.1) is 0 Å². The maximum Gasteiger partial charge on any atom is -0.00201 e. The summed E-state index contributed by atoms with van der Waals surface area (Å²) >= 11 is 0. The summed E-state index contributed by atoms with van der Waals surface area (Å²) in [6.45, 7) is 7.77. The first-order chi connectivity index (χ1) is 20.8. The van der Waals surface area contributed by atoms with E-state index in [1.54, 1.807) is 6.08 Å². The number of hydrogen-bond acceptors (Lipinski definition) is 0. The molecule has 0 N–H and O–H groups in total. The zero-order valence-corrected chi connectivity index (χ0v) is 23.4. The van der Waals surface area contributed by atoms with Gasteiger partial charge in [0, 0.05) is 0 Å². The van der Waals surface area contributed by atoms with E-state index in [0.29, 0.717) is 0 Å². The van der Waals surface area contributed by atoms with E-state index in [0.717, 1.165) is 5.57 Å². The van der Waals surface area contributed by atoms with Crippen LogP contribution in [0.3, 0.4) is 0 Å². The van der Waals surface area contributed by atoms with Gasteiger partial charge < -0.3 is 0 Å². The number of fused-ring (bicyclic) bond motifs is 4. The highest BCUT2D eigenvalue weighted by molar-refractivity contribution is 6.24. The van der Waals surface area contributed by atoms with Gasteiger partial charge in [-0.25, -0.2) is 0 Å². The normalized spacial score (nSPS) is 12.0. The predicted molar refractivity (Wildman–Crippen MR) is 185 cm³/mol. The van der Waals surface area contributed by atoms with Crippen molar-refractivity contribution in [1.82, 2.24) is 0 Å². The minimum atomic E-state index is 1.03. The summed E-state index contributed by atoms with van der Waals surface area (Å²) in [5, 5.41) is 10.0. The van der Waals surface area contributed by atoms with E-state index in [1.807, 2.05) is 12.2 Å². The van der Waals surface area contributed by atoms with E-state index in [2.05, 4.69) is 153 Å². The van der Waals surface area contributed by atoms with Gasteiger partial charge in [0.05, 0.1) is 0 Å². The van der Waals surface area contributed by atoms with Crippen LogP contribution in [0.2, 0.25) is 0 Å². The lowest BCUT2D eigenvalue weighted by atomic mass is 9.84. The van der Waals surface area contributed by atoms with E-state index in [4.69, 9.17) is 0 Å². The third kappa shape index (κ3) is 4.35. The average Bonchev–Trinajstić information content (AvgIpc) is 3.05. The Morgan fingerprint density at radius 3 is 1.79 bits per heavy atom. The molecule has 7 aromatic carbocycles. The SMILES string of the molecule is C=C/C=C(C=C)/C=C\c1cccc2c(-c3c4ccccc4c(-c4ccc5ccccc5c4)c4ccccc34)cccc12. The molecule has 0 aromatic heterocycles. The molecule has 0 aliphatic heterocycles. The van der Waals surface area contributed by atoms with Crippen molar-refractivity contribution in [3.05, 3.63) is 176 Å². The lowest BCUT2D eigenvalue weighted by Gasteiger charge is -2.19. The van der Waals surface area contributed by atoms with E-state index in [9.17, 15) is 0 Å². The maximum atomic E-state index is 3.94. The monoisotopic (exact) mass is 534 g/mol. The fraction of sp³-hybridized carbons (Fsp3) is 0. The molecule has 0 bridgehead atoms. The molecule has 0 aliphatic carbocycles. The minimum Gasteiger partial charge on any atom is -0.0990 e. The third-order valence-corrected chi connectivity index (χ3v) is 8.20. The maximum absolute atomic E-state index is 3.94. The van der Waals surface area contributed by atoms with Crippen LogP contribution in [0.5, 0.6) is 0 Å². The van der Waals surface area contributed by atoms with Crippen LogP contribution in [-0.2, 0) is 0 Å². The van der Waals surface area contributed by atoms with E-state index < -0.39 is 0 Å². The summed E-state index contributed by atoms with van der Waals surface area (Å²) in [6, 6.07) is 46.4. The molecule has 0 saturated carbocycles. The smallest absolute Gasteiger partial charge is 0.00201 e. The summed E-state index contributed by atoms with van der Waals surface area (Å²) in [5.74, 6) is 0. The van der Waals surface area contributed by atoms with Gasteiger partial charge in [0.2, 0.25) is 0 Å². The quantitative estimate of drug-likeness (QED) is 0.147. The standard InChI is InChI=1S/C42H30/c1-3-13-29(4-2)24-25-31-16-11-22-35-34(31)21-12-23-36(35)42-39-19-9-7-17-37(39)41(38-18-8-10-20-40(38)42)33-27-26-30-14-5-6-15-32(30)28-33/h3-28H,1-2H2/b25-24-,29-13+. The Bertz CT molecular complexity index is 2160. The Morgan fingerprint density at radius 1 is 0.500 bits per heavy atom. The van der Waals surface area contributed by atoms with Crippen LogP contribution in [0.1, 0.15) is 5.56 Å². The Morgan fingerprint density at radius 2 is 1.10 bits per heavy atom. The Balaban J connectivity index is 1.53. The summed E-state index contributed by atoms with van der Waals surface area (Å²) in [5.41, 5.74) is 7.24. The van der Waals surface area contributed by atoms with Crippen LogP contribution in [-0.4, -0.2) is 0 Å². The number of rotatable bonds is 6. The molecule has 0 heterocycles. The Labute approximate surface area is 246 Å². The molecule has 198 valence electrons. The number of allylic oxidation sites excluding steroid dienone is 5. The topological polar surface area (TPSA) is 0 Å². The van der Waals surface area contributed by atoms with Gasteiger partial charge >= 0.3 is 0 Å². The van der Waals surface area contributed by atoms with Gasteiger partial charge in [-0.2, -0.15) is 0 Å². The summed E-state index contributed by atoms with van der Waals surface area (Å²) in [4.78, 5) is 0. The molecule has 0 nitrogen and oxygen atoms in total. The van der Waals surface area contributed by atoms with Crippen molar-refractivity contribution in [2.45, 2.75) is 0 Å².